The number of amides is 1. The van der Waals surface area contributed by atoms with Gasteiger partial charge in [0.25, 0.3) is 0 Å². The van der Waals surface area contributed by atoms with Crippen molar-refractivity contribution < 1.29 is 14.3 Å². The number of halogens is 1. The lowest BCUT2D eigenvalue weighted by atomic mass is 9.95. The monoisotopic (exact) mass is 283 g/mol. The van der Waals surface area contributed by atoms with Crippen molar-refractivity contribution in [1.82, 2.24) is 0 Å². The molecular formula is C14H18ClNO3. The summed E-state index contributed by atoms with van der Waals surface area (Å²) in [5.41, 5.74) is 0.0684. The van der Waals surface area contributed by atoms with E-state index in [9.17, 15) is 4.79 Å². The number of rotatable bonds is 1. The summed E-state index contributed by atoms with van der Waals surface area (Å²) in [6.45, 7) is 6.75. The van der Waals surface area contributed by atoms with Crippen molar-refractivity contribution >= 4 is 23.2 Å². The van der Waals surface area contributed by atoms with E-state index in [2.05, 4.69) is 5.32 Å². The number of benzene rings is 1. The van der Waals surface area contributed by atoms with Gasteiger partial charge in [0.1, 0.15) is 0 Å². The minimum Gasteiger partial charge on any atom is -0.490 e. The molecule has 0 fully saturated rings. The summed E-state index contributed by atoms with van der Waals surface area (Å²) in [6.07, 6.45) is 0.829. The molecule has 2 rings (SSSR count). The number of carbonyl (C=O) groups is 1. The summed E-state index contributed by atoms with van der Waals surface area (Å²) >= 11 is 6.16. The Kier molecular flexibility index (Phi) is 3.90. The molecular weight excluding hydrogens is 266 g/mol. The maximum Gasteiger partial charge on any atom is 0.229 e. The summed E-state index contributed by atoms with van der Waals surface area (Å²) in [7, 11) is 0. The highest BCUT2D eigenvalue weighted by Crippen LogP contribution is 2.38. The van der Waals surface area contributed by atoms with Gasteiger partial charge in [-0.05, 0) is 0 Å². The lowest BCUT2D eigenvalue weighted by Crippen LogP contribution is -2.27. The van der Waals surface area contributed by atoms with Gasteiger partial charge in [-0.3, -0.25) is 4.79 Å². The molecule has 1 aromatic carbocycles. The van der Waals surface area contributed by atoms with E-state index in [0.29, 0.717) is 35.4 Å². The first-order chi connectivity index (χ1) is 8.88. The third kappa shape index (κ3) is 3.32. The quantitative estimate of drug-likeness (QED) is 0.858. The fourth-order valence-electron chi connectivity index (χ4n) is 1.59. The molecule has 1 N–H and O–H groups in total. The van der Waals surface area contributed by atoms with Crippen molar-refractivity contribution in [3.8, 4) is 11.5 Å². The second kappa shape index (κ2) is 5.29. The maximum absolute atomic E-state index is 12.0. The van der Waals surface area contributed by atoms with Crippen molar-refractivity contribution in [3.63, 3.8) is 0 Å². The Hall–Kier alpha value is -1.42. The molecule has 0 aliphatic carbocycles. The highest BCUT2D eigenvalue weighted by molar-refractivity contribution is 6.34. The van der Waals surface area contributed by atoms with Crippen LogP contribution < -0.4 is 14.8 Å². The standard InChI is InChI=1S/C14H18ClNO3/c1-14(2,3)13(17)16-10-8-12-11(7-9(10)15)18-5-4-6-19-12/h7-8H,4-6H2,1-3H3,(H,16,17). The molecule has 104 valence electrons. The van der Waals surface area contributed by atoms with E-state index in [-0.39, 0.29) is 5.91 Å². The highest BCUT2D eigenvalue weighted by atomic mass is 35.5. The molecule has 0 unspecified atom stereocenters. The van der Waals surface area contributed by atoms with Crippen molar-refractivity contribution in [2.45, 2.75) is 27.2 Å². The third-order valence-electron chi connectivity index (χ3n) is 2.77. The molecule has 1 aliphatic heterocycles. The zero-order chi connectivity index (χ0) is 14.0. The first-order valence-corrected chi connectivity index (χ1v) is 6.66. The van der Waals surface area contributed by atoms with Gasteiger partial charge in [0, 0.05) is 24.0 Å². The first kappa shape index (κ1) is 14.0. The van der Waals surface area contributed by atoms with Crippen molar-refractivity contribution in [2.24, 2.45) is 5.41 Å². The maximum atomic E-state index is 12.0. The Morgan fingerprint density at radius 1 is 1.21 bits per heavy atom. The minimum atomic E-state index is -0.479. The molecule has 1 aliphatic rings. The van der Waals surface area contributed by atoms with Crippen LogP contribution in [0.15, 0.2) is 12.1 Å². The number of anilines is 1. The van der Waals surface area contributed by atoms with Gasteiger partial charge < -0.3 is 14.8 Å². The fraction of sp³-hybridized carbons (Fsp3) is 0.500. The Morgan fingerprint density at radius 3 is 2.37 bits per heavy atom. The normalized spacial score (nSPS) is 14.7. The van der Waals surface area contributed by atoms with E-state index >= 15 is 0 Å². The number of nitrogens with one attached hydrogen (secondary N) is 1. The van der Waals surface area contributed by atoms with Gasteiger partial charge in [-0.25, -0.2) is 0 Å². The number of hydrogen-bond acceptors (Lipinski definition) is 3. The molecule has 0 atom stereocenters. The number of hydrogen-bond donors (Lipinski definition) is 1. The van der Waals surface area contributed by atoms with Gasteiger partial charge in [-0.15, -0.1) is 0 Å². The topological polar surface area (TPSA) is 47.6 Å². The first-order valence-electron chi connectivity index (χ1n) is 6.28. The number of carbonyl (C=O) groups excluding carboxylic acids is 1. The Balaban J connectivity index is 2.27. The van der Waals surface area contributed by atoms with Gasteiger partial charge in [0.2, 0.25) is 5.91 Å². The van der Waals surface area contributed by atoms with Crippen molar-refractivity contribution in [1.29, 1.82) is 0 Å². The second-order valence-corrected chi connectivity index (χ2v) is 5.94. The third-order valence-corrected chi connectivity index (χ3v) is 3.08. The van der Waals surface area contributed by atoms with E-state index in [0.717, 1.165) is 6.42 Å². The van der Waals surface area contributed by atoms with Crippen LogP contribution in [0.4, 0.5) is 5.69 Å². The number of fused-ring (bicyclic) bond motifs is 1. The van der Waals surface area contributed by atoms with Crippen LogP contribution in [0, 0.1) is 5.41 Å². The van der Waals surface area contributed by atoms with Crippen LogP contribution in [0.1, 0.15) is 27.2 Å². The van der Waals surface area contributed by atoms with Gasteiger partial charge in [0.15, 0.2) is 11.5 Å². The lowest BCUT2D eigenvalue weighted by Gasteiger charge is -2.19. The molecule has 0 spiro atoms. The van der Waals surface area contributed by atoms with Gasteiger partial charge in [0.05, 0.1) is 23.9 Å². The Morgan fingerprint density at radius 2 is 1.79 bits per heavy atom. The van der Waals surface area contributed by atoms with Crippen LogP contribution >= 0.6 is 11.6 Å². The average molecular weight is 284 g/mol. The molecule has 0 saturated heterocycles. The van der Waals surface area contributed by atoms with E-state index in [1.807, 2.05) is 20.8 Å². The summed E-state index contributed by atoms with van der Waals surface area (Å²) < 4.78 is 11.1. The van der Waals surface area contributed by atoms with Crippen LogP contribution in [0.5, 0.6) is 11.5 Å². The minimum absolute atomic E-state index is 0.0936. The highest BCUT2D eigenvalue weighted by Gasteiger charge is 2.23. The molecule has 19 heavy (non-hydrogen) atoms. The van der Waals surface area contributed by atoms with Crippen molar-refractivity contribution in [3.05, 3.63) is 17.2 Å². The van der Waals surface area contributed by atoms with Crippen LogP contribution in [0.25, 0.3) is 0 Å². The Bertz CT molecular complexity index is 494. The summed E-state index contributed by atoms with van der Waals surface area (Å²) in [4.78, 5) is 12.0. The van der Waals surface area contributed by atoms with E-state index < -0.39 is 5.41 Å². The smallest absolute Gasteiger partial charge is 0.229 e. The molecule has 0 radical (unpaired) electrons. The predicted molar refractivity (Wildman–Crippen MR) is 75.1 cm³/mol. The van der Waals surface area contributed by atoms with Crippen LogP contribution in [0.2, 0.25) is 5.02 Å². The molecule has 5 heteroatoms. The fourth-order valence-corrected chi connectivity index (χ4v) is 1.79. The molecule has 0 bridgehead atoms. The molecule has 1 aromatic rings. The molecule has 0 aromatic heterocycles. The molecule has 4 nitrogen and oxygen atoms in total. The van der Waals surface area contributed by atoms with Crippen LogP contribution in [0.3, 0.4) is 0 Å². The van der Waals surface area contributed by atoms with E-state index in [1.54, 1.807) is 12.1 Å². The Labute approximate surface area is 118 Å². The zero-order valence-corrected chi connectivity index (χ0v) is 12.1. The van der Waals surface area contributed by atoms with Gasteiger partial charge in [-0.1, -0.05) is 32.4 Å². The summed E-state index contributed by atoms with van der Waals surface area (Å²) in [6, 6.07) is 3.40. The van der Waals surface area contributed by atoms with Crippen LogP contribution in [-0.4, -0.2) is 19.1 Å². The zero-order valence-electron chi connectivity index (χ0n) is 11.4. The van der Waals surface area contributed by atoms with Gasteiger partial charge in [-0.2, -0.15) is 0 Å². The second-order valence-electron chi connectivity index (χ2n) is 5.53. The van der Waals surface area contributed by atoms with E-state index in [1.165, 1.54) is 0 Å². The lowest BCUT2D eigenvalue weighted by molar-refractivity contribution is -0.123. The summed E-state index contributed by atoms with van der Waals surface area (Å²) in [5.74, 6) is 1.14. The van der Waals surface area contributed by atoms with E-state index in [4.69, 9.17) is 21.1 Å². The SMILES string of the molecule is CC(C)(C)C(=O)Nc1cc2c(cc1Cl)OCCCO2. The van der Waals surface area contributed by atoms with Crippen LogP contribution in [-0.2, 0) is 4.79 Å². The number of ether oxygens (including phenoxy) is 2. The molecule has 1 heterocycles. The summed E-state index contributed by atoms with van der Waals surface area (Å²) in [5, 5.41) is 3.26. The van der Waals surface area contributed by atoms with Gasteiger partial charge >= 0.3 is 0 Å². The van der Waals surface area contributed by atoms with Crippen molar-refractivity contribution in [2.75, 3.05) is 18.5 Å². The molecule has 1 amide bonds. The predicted octanol–water partition coefficient (Wildman–Crippen LogP) is 3.49. The molecule has 0 saturated carbocycles. The average Bonchev–Trinajstić information content (AvgIpc) is 2.53. The largest absolute Gasteiger partial charge is 0.490 e.